The summed E-state index contributed by atoms with van der Waals surface area (Å²) in [7, 11) is 0. The van der Waals surface area contributed by atoms with Gasteiger partial charge in [-0.05, 0) is 33.1 Å². The average molecular weight is 417 g/mol. The van der Waals surface area contributed by atoms with Gasteiger partial charge in [-0.25, -0.2) is 4.79 Å². The normalized spacial score (nSPS) is 23.0. The molecule has 0 aliphatic carbocycles. The van der Waals surface area contributed by atoms with E-state index in [9.17, 15) is 22.8 Å². The standard InChI is InChI=1S/C18H26F3N5O3/c1-11-9-25(16(28)29-17(2,3)4)6-5-12(11)14(27)24-7-8-26-13(10-24)22-23-15(26)18(19,20)21/h11-12H,5-10H2,1-4H3/t11-,12+/m1/s1. The van der Waals surface area contributed by atoms with Gasteiger partial charge in [-0.2, -0.15) is 13.2 Å². The predicted molar refractivity (Wildman–Crippen MR) is 95.5 cm³/mol. The molecule has 0 bridgehead atoms. The molecule has 1 saturated heterocycles. The van der Waals surface area contributed by atoms with Crippen LogP contribution in [0.2, 0.25) is 0 Å². The van der Waals surface area contributed by atoms with Crippen LogP contribution in [0.4, 0.5) is 18.0 Å². The Morgan fingerprint density at radius 2 is 1.76 bits per heavy atom. The molecule has 11 heteroatoms. The first-order chi connectivity index (χ1) is 13.4. The molecule has 3 heterocycles. The van der Waals surface area contributed by atoms with Crippen LogP contribution in [0.25, 0.3) is 0 Å². The van der Waals surface area contributed by atoms with Crippen LogP contribution >= 0.6 is 0 Å². The van der Waals surface area contributed by atoms with Gasteiger partial charge in [-0.15, -0.1) is 10.2 Å². The second kappa shape index (κ2) is 7.49. The van der Waals surface area contributed by atoms with Crippen molar-refractivity contribution in [1.82, 2.24) is 24.6 Å². The fourth-order valence-electron chi connectivity index (χ4n) is 3.79. The van der Waals surface area contributed by atoms with Gasteiger partial charge in [0.2, 0.25) is 11.7 Å². The number of alkyl halides is 3. The monoisotopic (exact) mass is 417 g/mol. The lowest BCUT2D eigenvalue weighted by molar-refractivity contribution is -0.148. The quantitative estimate of drug-likeness (QED) is 0.702. The smallest absolute Gasteiger partial charge is 0.444 e. The maximum atomic E-state index is 13.0. The molecule has 0 unspecified atom stereocenters. The molecular formula is C18H26F3N5O3. The van der Waals surface area contributed by atoms with Gasteiger partial charge in [0, 0.05) is 32.1 Å². The van der Waals surface area contributed by atoms with Crippen molar-refractivity contribution < 1.29 is 27.5 Å². The topological polar surface area (TPSA) is 80.6 Å². The maximum Gasteiger partial charge on any atom is 0.451 e. The molecule has 1 aromatic rings. The van der Waals surface area contributed by atoms with Crippen molar-refractivity contribution in [3.05, 3.63) is 11.6 Å². The minimum absolute atomic E-state index is 0.000906. The summed E-state index contributed by atoms with van der Waals surface area (Å²) < 4.78 is 45.3. The number of carbonyl (C=O) groups excluding carboxylic acids is 2. The third-order valence-electron chi connectivity index (χ3n) is 5.19. The highest BCUT2D eigenvalue weighted by molar-refractivity contribution is 5.79. The highest BCUT2D eigenvalue weighted by atomic mass is 19.4. The summed E-state index contributed by atoms with van der Waals surface area (Å²) in [4.78, 5) is 28.4. The van der Waals surface area contributed by atoms with Crippen molar-refractivity contribution in [2.45, 2.75) is 59.0 Å². The van der Waals surface area contributed by atoms with Crippen LogP contribution < -0.4 is 0 Å². The third kappa shape index (κ3) is 4.64. The second-order valence-electron chi connectivity index (χ2n) is 8.65. The molecule has 2 atom stereocenters. The Bertz CT molecular complexity index is 787. The van der Waals surface area contributed by atoms with Gasteiger partial charge < -0.3 is 19.1 Å². The molecule has 1 fully saturated rings. The molecule has 29 heavy (non-hydrogen) atoms. The summed E-state index contributed by atoms with van der Waals surface area (Å²) in [5.74, 6) is -1.40. The van der Waals surface area contributed by atoms with E-state index in [1.54, 1.807) is 25.7 Å². The summed E-state index contributed by atoms with van der Waals surface area (Å²) in [5.41, 5.74) is -0.591. The Hall–Kier alpha value is -2.33. The van der Waals surface area contributed by atoms with E-state index >= 15 is 0 Å². The van der Waals surface area contributed by atoms with Crippen molar-refractivity contribution in [3.63, 3.8) is 0 Å². The minimum Gasteiger partial charge on any atom is -0.444 e. The average Bonchev–Trinajstić information content (AvgIpc) is 3.03. The van der Waals surface area contributed by atoms with Crippen LogP contribution in [-0.4, -0.2) is 61.8 Å². The van der Waals surface area contributed by atoms with E-state index in [1.807, 2.05) is 6.92 Å². The summed E-state index contributed by atoms with van der Waals surface area (Å²) in [6.07, 6.45) is -4.49. The van der Waals surface area contributed by atoms with Gasteiger partial charge in [0.05, 0.1) is 6.54 Å². The number of ether oxygens (including phenoxy) is 1. The predicted octanol–water partition coefficient (Wildman–Crippen LogP) is 2.53. The number of likely N-dealkylation sites (tertiary alicyclic amines) is 1. The SMILES string of the molecule is C[C@@H]1CN(C(=O)OC(C)(C)C)CC[C@@H]1C(=O)N1CCn2c(nnc2C(F)(F)F)C1. The maximum absolute atomic E-state index is 13.0. The third-order valence-corrected chi connectivity index (χ3v) is 5.19. The van der Waals surface area contributed by atoms with Crippen LogP contribution in [0.15, 0.2) is 0 Å². The number of hydrogen-bond donors (Lipinski definition) is 0. The van der Waals surface area contributed by atoms with E-state index in [0.29, 0.717) is 19.5 Å². The Kier molecular flexibility index (Phi) is 5.52. The zero-order chi connectivity index (χ0) is 21.6. The number of carbonyl (C=O) groups is 2. The molecular weight excluding hydrogens is 391 g/mol. The van der Waals surface area contributed by atoms with Crippen molar-refractivity contribution in [2.75, 3.05) is 19.6 Å². The first-order valence-electron chi connectivity index (χ1n) is 9.63. The number of rotatable bonds is 1. The highest BCUT2D eigenvalue weighted by Crippen LogP contribution is 2.31. The Morgan fingerprint density at radius 3 is 2.34 bits per heavy atom. The van der Waals surface area contributed by atoms with E-state index in [4.69, 9.17) is 4.74 Å². The molecule has 3 rings (SSSR count). The fraction of sp³-hybridized carbons (Fsp3) is 0.778. The fourth-order valence-corrected chi connectivity index (χ4v) is 3.79. The number of halogens is 3. The molecule has 0 N–H and O–H groups in total. The largest absolute Gasteiger partial charge is 0.451 e. The van der Waals surface area contributed by atoms with Gasteiger partial charge in [0.15, 0.2) is 5.82 Å². The van der Waals surface area contributed by atoms with Crippen LogP contribution in [0.5, 0.6) is 0 Å². The number of fused-ring (bicyclic) bond motifs is 1. The van der Waals surface area contributed by atoms with Crippen molar-refractivity contribution in [3.8, 4) is 0 Å². The molecule has 2 aliphatic heterocycles. The molecule has 2 amide bonds. The van der Waals surface area contributed by atoms with Crippen LogP contribution in [0.1, 0.15) is 45.8 Å². The molecule has 1 aromatic heterocycles. The van der Waals surface area contributed by atoms with Crippen molar-refractivity contribution >= 4 is 12.0 Å². The van der Waals surface area contributed by atoms with E-state index in [0.717, 1.165) is 4.57 Å². The van der Waals surface area contributed by atoms with Gasteiger partial charge in [0.1, 0.15) is 5.60 Å². The van der Waals surface area contributed by atoms with Gasteiger partial charge in [0.25, 0.3) is 0 Å². The number of piperidine rings is 1. The summed E-state index contributed by atoms with van der Waals surface area (Å²) >= 11 is 0. The highest BCUT2D eigenvalue weighted by Gasteiger charge is 2.41. The van der Waals surface area contributed by atoms with Crippen LogP contribution in [0.3, 0.4) is 0 Å². The molecule has 0 saturated carbocycles. The van der Waals surface area contributed by atoms with E-state index < -0.39 is 23.7 Å². The molecule has 0 radical (unpaired) electrons. The van der Waals surface area contributed by atoms with Crippen molar-refractivity contribution in [1.29, 1.82) is 0 Å². The van der Waals surface area contributed by atoms with E-state index in [2.05, 4.69) is 10.2 Å². The first-order valence-corrected chi connectivity index (χ1v) is 9.63. The summed E-state index contributed by atoms with van der Waals surface area (Å²) in [6.45, 7) is 8.26. The van der Waals surface area contributed by atoms with Gasteiger partial charge in [-0.1, -0.05) is 6.92 Å². The van der Waals surface area contributed by atoms with E-state index in [1.165, 1.54) is 4.90 Å². The number of hydrogen-bond acceptors (Lipinski definition) is 5. The van der Waals surface area contributed by atoms with Crippen molar-refractivity contribution in [2.24, 2.45) is 11.8 Å². The molecule has 0 aromatic carbocycles. The number of amides is 2. The number of nitrogens with zero attached hydrogens (tertiary/aromatic N) is 5. The zero-order valence-electron chi connectivity index (χ0n) is 17.0. The van der Waals surface area contributed by atoms with E-state index in [-0.39, 0.29) is 43.2 Å². The molecule has 162 valence electrons. The molecule has 8 nitrogen and oxygen atoms in total. The zero-order valence-corrected chi connectivity index (χ0v) is 17.0. The molecule has 0 spiro atoms. The van der Waals surface area contributed by atoms with Gasteiger partial charge in [-0.3, -0.25) is 4.79 Å². The van der Waals surface area contributed by atoms with Gasteiger partial charge >= 0.3 is 12.3 Å². The lowest BCUT2D eigenvalue weighted by Crippen LogP contribution is -2.50. The van der Waals surface area contributed by atoms with Crippen LogP contribution in [-0.2, 0) is 28.8 Å². The Morgan fingerprint density at radius 1 is 1.07 bits per heavy atom. The summed E-state index contributed by atoms with van der Waals surface area (Å²) in [5, 5.41) is 6.86. The number of aromatic nitrogens is 3. The Labute approximate surface area is 167 Å². The van der Waals surface area contributed by atoms with Crippen LogP contribution in [0, 0.1) is 11.8 Å². The lowest BCUT2D eigenvalue weighted by Gasteiger charge is -2.39. The Balaban J connectivity index is 1.62. The molecule has 2 aliphatic rings. The summed E-state index contributed by atoms with van der Waals surface area (Å²) in [6, 6.07) is 0. The second-order valence-corrected chi connectivity index (χ2v) is 8.65. The first kappa shape index (κ1) is 21.4. The lowest BCUT2D eigenvalue weighted by atomic mass is 9.85. The minimum atomic E-state index is -4.57.